The largest absolute Gasteiger partial charge is 0.464 e. The highest BCUT2D eigenvalue weighted by Gasteiger charge is 2.62. The smallest absolute Gasteiger partial charge is 0.459 e. The van der Waals surface area contributed by atoms with Crippen molar-refractivity contribution in [2.24, 2.45) is 17.8 Å². The van der Waals surface area contributed by atoms with Gasteiger partial charge in [-0.25, -0.2) is 14.1 Å². The van der Waals surface area contributed by atoms with Crippen LogP contribution in [0.4, 0.5) is 5.82 Å². The Balaban J connectivity index is 1.53. The summed E-state index contributed by atoms with van der Waals surface area (Å²) in [6.07, 6.45) is -1.16. The number of fused-ring (bicyclic) bond motifs is 1. The molecule has 268 valence electrons. The number of ether oxygens (including phenoxy) is 4. The Morgan fingerprint density at radius 2 is 1.74 bits per heavy atom. The highest BCUT2D eigenvalue weighted by Crippen LogP contribution is 2.50. The van der Waals surface area contributed by atoms with E-state index in [9.17, 15) is 24.2 Å². The lowest BCUT2D eigenvalue weighted by molar-refractivity contribution is -0.173. The van der Waals surface area contributed by atoms with Crippen LogP contribution in [0.1, 0.15) is 59.3 Å². The van der Waals surface area contributed by atoms with Crippen LogP contribution in [-0.2, 0) is 42.4 Å². The molecule has 0 bridgehead atoms. The van der Waals surface area contributed by atoms with E-state index in [1.165, 1.54) is 29.9 Å². The number of esters is 3. The maximum absolute atomic E-state index is 14.4. The molecule has 1 aliphatic carbocycles. The average Bonchev–Trinajstić information content (AvgIpc) is 3.74. The average molecular weight is 713 g/mol. The predicted octanol–water partition coefficient (Wildman–Crippen LogP) is 3.92. The van der Waals surface area contributed by atoms with Crippen LogP contribution in [0, 0.1) is 29.1 Å². The lowest BCUT2D eigenvalue weighted by Gasteiger charge is -2.31. The zero-order valence-electron chi connectivity index (χ0n) is 28.4. The maximum atomic E-state index is 14.4. The number of anilines is 1. The molecule has 17 heteroatoms. The molecule has 2 aromatic heterocycles. The molecule has 1 unspecified atom stereocenters. The number of para-hydroxylation sites is 1. The third kappa shape index (κ3) is 8.24. The molecule has 5 rings (SSSR count). The number of nitrogens with two attached hydrogens (primary N) is 1. The van der Waals surface area contributed by atoms with Crippen LogP contribution in [0.25, 0.3) is 5.52 Å². The molecule has 2 fully saturated rings. The van der Waals surface area contributed by atoms with Gasteiger partial charge in [0.05, 0.1) is 24.1 Å². The zero-order valence-corrected chi connectivity index (χ0v) is 29.3. The third-order valence-electron chi connectivity index (χ3n) is 8.10. The van der Waals surface area contributed by atoms with Gasteiger partial charge in [-0.05, 0) is 49.9 Å². The number of nitrogen functional groups attached to an aromatic ring is 1. The second-order valence-corrected chi connectivity index (χ2v) is 14.6. The maximum Gasteiger partial charge on any atom is 0.459 e. The summed E-state index contributed by atoms with van der Waals surface area (Å²) in [7, 11) is -4.53. The minimum atomic E-state index is -4.53. The number of hydrogen-bond donors (Lipinski definition) is 2. The van der Waals surface area contributed by atoms with Crippen molar-refractivity contribution in [1.82, 2.24) is 19.7 Å². The SMILES string of the molecule is CC(C)C(=O)O[C@H]1[C@H](c2ccc3c(N)ncnn23)O[C@](C#N)(COP(=O)(N[C@@H](C)C(=O)OCC2CC2)Oc2ccccc2)[C@H]1OC(=O)C(C)C. The van der Waals surface area contributed by atoms with Crippen molar-refractivity contribution >= 4 is 37.0 Å². The first kappa shape index (κ1) is 36.7. The van der Waals surface area contributed by atoms with Crippen LogP contribution < -0.4 is 15.3 Å². The quantitative estimate of drug-likeness (QED) is 0.130. The molecule has 6 atom stereocenters. The van der Waals surface area contributed by atoms with E-state index in [4.69, 9.17) is 33.7 Å². The van der Waals surface area contributed by atoms with Gasteiger partial charge < -0.3 is 29.2 Å². The molecule has 3 heterocycles. The molecule has 1 saturated carbocycles. The van der Waals surface area contributed by atoms with Gasteiger partial charge in [-0.15, -0.1) is 0 Å². The van der Waals surface area contributed by atoms with Gasteiger partial charge in [0.2, 0.25) is 5.60 Å². The van der Waals surface area contributed by atoms with E-state index in [-0.39, 0.29) is 23.9 Å². The molecule has 0 amide bonds. The topological polar surface area (TPSA) is 216 Å². The number of aromatic nitrogens is 3. The van der Waals surface area contributed by atoms with Crippen molar-refractivity contribution in [3.63, 3.8) is 0 Å². The van der Waals surface area contributed by atoms with Gasteiger partial charge >= 0.3 is 25.7 Å². The summed E-state index contributed by atoms with van der Waals surface area (Å²) in [5, 5.41) is 17.6. The Bertz CT molecular complexity index is 1790. The number of nitrogens with one attached hydrogen (secondary N) is 1. The Morgan fingerprint density at radius 3 is 2.38 bits per heavy atom. The number of nitriles is 1. The fraction of sp³-hybridized carbons (Fsp3) is 0.515. The summed E-state index contributed by atoms with van der Waals surface area (Å²) in [6.45, 7) is 7.23. The zero-order chi connectivity index (χ0) is 36.2. The summed E-state index contributed by atoms with van der Waals surface area (Å²) in [5.74, 6) is -2.79. The van der Waals surface area contributed by atoms with Crippen LogP contribution in [0.5, 0.6) is 5.75 Å². The summed E-state index contributed by atoms with van der Waals surface area (Å²) in [4.78, 5) is 43.0. The minimum Gasteiger partial charge on any atom is -0.464 e. The fourth-order valence-electron chi connectivity index (χ4n) is 5.05. The van der Waals surface area contributed by atoms with Gasteiger partial charge in [-0.1, -0.05) is 45.9 Å². The van der Waals surface area contributed by atoms with E-state index >= 15 is 0 Å². The number of carbonyl (C=O) groups excluding carboxylic acids is 3. The van der Waals surface area contributed by atoms with Gasteiger partial charge in [0.25, 0.3) is 0 Å². The van der Waals surface area contributed by atoms with Gasteiger partial charge in [-0.2, -0.15) is 15.4 Å². The number of benzene rings is 1. The number of hydrogen-bond acceptors (Lipinski definition) is 14. The van der Waals surface area contributed by atoms with Crippen LogP contribution >= 0.6 is 7.75 Å². The lowest BCUT2D eigenvalue weighted by Crippen LogP contribution is -2.50. The Morgan fingerprint density at radius 1 is 1.06 bits per heavy atom. The summed E-state index contributed by atoms with van der Waals surface area (Å²) < 4.78 is 51.0. The molecule has 50 heavy (non-hydrogen) atoms. The molecule has 16 nitrogen and oxygen atoms in total. The monoisotopic (exact) mass is 712 g/mol. The second-order valence-electron chi connectivity index (χ2n) is 12.9. The molecule has 2 aliphatic rings. The molecule has 1 aliphatic heterocycles. The summed E-state index contributed by atoms with van der Waals surface area (Å²) in [5.41, 5.74) is 4.50. The van der Waals surface area contributed by atoms with Crippen LogP contribution in [0.15, 0.2) is 48.8 Å². The normalized spacial score (nSPS) is 23.6. The molecular formula is C33H41N6O10P. The fourth-order valence-corrected chi connectivity index (χ4v) is 6.57. The molecule has 0 radical (unpaired) electrons. The van der Waals surface area contributed by atoms with Crippen LogP contribution in [-0.4, -0.2) is 69.6 Å². The van der Waals surface area contributed by atoms with Crippen molar-refractivity contribution in [1.29, 1.82) is 5.26 Å². The van der Waals surface area contributed by atoms with Crippen molar-refractivity contribution in [2.45, 2.75) is 77.4 Å². The predicted molar refractivity (Wildman–Crippen MR) is 176 cm³/mol. The molecule has 3 aromatic rings. The first-order valence-corrected chi connectivity index (χ1v) is 17.8. The lowest BCUT2D eigenvalue weighted by atomic mass is 9.95. The van der Waals surface area contributed by atoms with Crippen molar-refractivity contribution in [3.05, 3.63) is 54.5 Å². The Labute approximate surface area is 289 Å². The second kappa shape index (κ2) is 15.1. The number of carbonyl (C=O) groups is 3. The van der Waals surface area contributed by atoms with Crippen molar-refractivity contribution in [2.75, 3.05) is 18.9 Å². The molecule has 0 spiro atoms. The summed E-state index contributed by atoms with van der Waals surface area (Å²) in [6, 6.07) is 12.1. The summed E-state index contributed by atoms with van der Waals surface area (Å²) >= 11 is 0. The Kier molecular flexibility index (Phi) is 11.1. The van der Waals surface area contributed by atoms with E-state index in [2.05, 4.69) is 15.2 Å². The van der Waals surface area contributed by atoms with E-state index in [1.807, 2.05) is 6.07 Å². The van der Waals surface area contributed by atoms with Crippen molar-refractivity contribution in [3.8, 4) is 11.8 Å². The first-order chi connectivity index (χ1) is 23.8. The van der Waals surface area contributed by atoms with E-state index in [0.29, 0.717) is 11.4 Å². The van der Waals surface area contributed by atoms with Crippen LogP contribution in [0.2, 0.25) is 0 Å². The highest BCUT2D eigenvalue weighted by molar-refractivity contribution is 7.52. The Hall–Kier alpha value is -4.55. The molecule has 3 N–H and O–H groups in total. The van der Waals surface area contributed by atoms with Gasteiger partial charge in [-0.3, -0.25) is 18.9 Å². The minimum absolute atomic E-state index is 0.126. The van der Waals surface area contributed by atoms with Crippen molar-refractivity contribution < 1.29 is 46.9 Å². The molecular weight excluding hydrogens is 671 g/mol. The number of rotatable bonds is 15. The number of nitrogens with zero attached hydrogens (tertiary/aromatic N) is 4. The first-order valence-electron chi connectivity index (χ1n) is 16.3. The van der Waals surface area contributed by atoms with E-state index in [1.54, 1.807) is 58.0 Å². The van der Waals surface area contributed by atoms with Gasteiger partial charge in [0.15, 0.2) is 18.0 Å². The van der Waals surface area contributed by atoms with E-state index in [0.717, 1.165) is 12.8 Å². The molecule has 1 saturated heterocycles. The molecule has 1 aromatic carbocycles. The standard InChI is InChI=1S/C33H41N6O10P/c1-19(2)30(40)46-27-26(24-13-14-25-29(35)36-18-37-39(24)25)48-33(16-34,28(27)47-31(41)20(3)4)17-45-50(43,49-23-9-7-6-8-10-23)38-21(5)32(42)44-15-22-11-12-22/h6-10,13-14,18-22,26-28H,11-12,15,17H2,1-5H3,(H,38,43)(H2,35,36,37)/t21-,26-,27-,28-,33+,50?/m0/s1. The van der Waals surface area contributed by atoms with Crippen LogP contribution in [0.3, 0.4) is 0 Å². The van der Waals surface area contributed by atoms with Gasteiger partial charge in [0.1, 0.15) is 42.4 Å². The van der Waals surface area contributed by atoms with Gasteiger partial charge in [0, 0.05) is 0 Å². The van der Waals surface area contributed by atoms with E-state index < -0.39 is 74.1 Å². The third-order valence-corrected chi connectivity index (χ3v) is 9.73. The highest BCUT2D eigenvalue weighted by atomic mass is 31.2.